The molecular weight excluding hydrogens is 164 g/mol. The normalized spacial score (nSPS) is 9.64. The van der Waals surface area contributed by atoms with Crippen molar-refractivity contribution in [3.05, 3.63) is 28.3 Å². The molecule has 0 saturated heterocycles. The summed E-state index contributed by atoms with van der Waals surface area (Å²) in [5, 5.41) is 9.54. The standard InChI is InChI=1S/C8H7ClO2/c1-5-6(4-10)2-7(9)3-8(5)11/h2-4,11H,1H3. The number of rotatable bonds is 1. The van der Waals surface area contributed by atoms with Crippen molar-refractivity contribution in [3.8, 4) is 5.75 Å². The highest BCUT2D eigenvalue weighted by atomic mass is 35.5. The Bertz CT molecular complexity index is 294. The fourth-order valence-electron chi connectivity index (χ4n) is 0.808. The van der Waals surface area contributed by atoms with Gasteiger partial charge >= 0.3 is 0 Å². The summed E-state index contributed by atoms with van der Waals surface area (Å²) in [4.78, 5) is 10.4. The number of aldehydes is 1. The Morgan fingerprint density at radius 3 is 2.73 bits per heavy atom. The van der Waals surface area contributed by atoms with Gasteiger partial charge < -0.3 is 5.11 Å². The molecule has 3 heteroatoms. The summed E-state index contributed by atoms with van der Waals surface area (Å²) in [7, 11) is 0. The fraction of sp³-hybridized carbons (Fsp3) is 0.125. The Balaban J connectivity index is 3.35. The summed E-state index contributed by atoms with van der Waals surface area (Å²) < 4.78 is 0. The van der Waals surface area contributed by atoms with E-state index < -0.39 is 0 Å². The largest absolute Gasteiger partial charge is 0.508 e. The second-order valence-corrected chi connectivity index (χ2v) is 2.69. The number of halogens is 1. The predicted octanol–water partition coefficient (Wildman–Crippen LogP) is 2.17. The van der Waals surface area contributed by atoms with E-state index in [4.69, 9.17) is 16.7 Å². The third kappa shape index (κ3) is 1.52. The van der Waals surface area contributed by atoms with Gasteiger partial charge in [0.1, 0.15) is 5.75 Å². The van der Waals surface area contributed by atoms with Crippen LogP contribution >= 0.6 is 11.6 Å². The summed E-state index contributed by atoms with van der Waals surface area (Å²) in [6, 6.07) is 2.92. The van der Waals surface area contributed by atoms with Crippen molar-refractivity contribution in [2.75, 3.05) is 0 Å². The van der Waals surface area contributed by atoms with Crippen molar-refractivity contribution in [2.24, 2.45) is 0 Å². The van der Waals surface area contributed by atoms with Gasteiger partial charge in [-0.15, -0.1) is 0 Å². The summed E-state index contributed by atoms with van der Waals surface area (Å²) in [5.74, 6) is 0.0552. The molecule has 2 nitrogen and oxygen atoms in total. The Morgan fingerprint density at radius 1 is 1.55 bits per heavy atom. The molecule has 1 rings (SSSR count). The maximum absolute atomic E-state index is 10.4. The molecule has 0 spiro atoms. The van der Waals surface area contributed by atoms with Crippen LogP contribution in [-0.2, 0) is 0 Å². The first-order valence-electron chi connectivity index (χ1n) is 3.09. The van der Waals surface area contributed by atoms with Gasteiger partial charge in [-0.25, -0.2) is 0 Å². The predicted molar refractivity (Wildman–Crippen MR) is 43.2 cm³/mol. The minimum Gasteiger partial charge on any atom is -0.508 e. The average molecular weight is 171 g/mol. The molecule has 58 valence electrons. The van der Waals surface area contributed by atoms with Crippen molar-refractivity contribution in [1.82, 2.24) is 0 Å². The molecule has 0 saturated carbocycles. The minimum atomic E-state index is 0.0552. The smallest absolute Gasteiger partial charge is 0.150 e. The lowest BCUT2D eigenvalue weighted by atomic mass is 10.1. The summed E-state index contributed by atoms with van der Waals surface area (Å²) in [6.45, 7) is 1.66. The van der Waals surface area contributed by atoms with Crippen LogP contribution in [-0.4, -0.2) is 11.4 Å². The van der Waals surface area contributed by atoms with Crippen LogP contribution in [0, 0.1) is 6.92 Å². The van der Waals surface area contributed by atoms with Crippen molar-refractivity contribution in [1.29, 1.82) is 0 Å². The topological polar surface area (TPSA) is 37.3 Å². The van der Waals surface area contributed by atoms with Gasteiger partial charge in [0.05, 0.1) is 0 Å². The first-order chi connectivity index (χ1) is 5.15. The third-order valence-electron chi connectivity index (χ3n) is 1.51. The van der Waals surface area contributed by atoms with Crippen molar-refractivity contribution >= 4 is 17.9 Å². The van der Waals surface area contributed by atoms with Gasteiger partial charge in [0.15, 0.2) is 6.29 Å². The van der Waals surface area contributed by atoms with Crippen LogP contribution in [0.4, 0.5) is 0 Å². The zero-order valence-electron chi connectivity index (χ0n) is 5.97. The van der Waals surface area contributed by atoms with Crippen LogP contribution in [0.1, 0.15) is 15.9 Å². The summed E-state index contributed by atoms with van der Waals surface area (Å²) >= 11 is 5.58. The Hall–Kier alpha value is -1.02. The molecule has 0 aliphatic heterocycles. The van der Waals surface area contributed by atoms with Gasteiger partial charge in [-0.05, 0) is 19.1 Å². The maximum atomic E-state index is 10.4. The minimum absolute atomic E-state index is 0.0552. The molecule has 1 aromatic carbocycles. The maximum Gasteiger partial charge on any atom is 0.150 e. The summed E-state index contributed by atoms with van der Waals surface area (Å²) in [6.07, 6.45) is 0.668. The van der Waals surface area contributed by atoms with Crippen LogP contribution in [0.25, 0.3) is 0 Å². The molecule has 0 radical (unpaired) electrons. The van der Waals surface area contributed by atoms with Crippen molar-refractivity contribution < 1.29 is 9.90 Å². The molecule has 0 amide bonds. The van der Waals surface area contributed by atoms with E-state index in [2.05, 4.69) is 0 Å². The van der Waals surface area contributed by atoms with E-state index in [1.807, 2.05) is 0 Å². The Labute approximate surface area is 69.4 Å². The molecule has 0 unspecified atom stereocenters. The monoisotopic (exact) mass is 170 g/mol. The molecule has 0 bridgehead atoms. The van der Waals surface area contributed by atoms with E-state index in [-0.39, 0.29) is 5.75 Å². The van der Waals surface area contributed by atoms with Crippen LogP contribution in [0.15, 0.2) is 12.1 Å². The van der Waals surface area contributed by atoms with Gasteiger partial charge in [-0.1, -0.05) is 11.6 Å². The molecule has 0 fully saturated rings. The number of phenols is 1. The molecule has 1 N–H and O–H groups in total. The average Bonchev–Trinajstić information content (AvgIpc) is 1.96. The highest BCUT2D eigenvalue weighted by Gasteiger charge is 2.03. The number of hydrogen-bond donors (Lipinski definition) is 1. The van der Waals surface area contributed by atoms with Crippen LogP contribution < -0.4 is 0 Å². The quantitative estimate of drug-likeness (QED) is 0.656. The molecule has 1 aromatic rings. The van der Waals surface area contributed by atoms with Crippen molar-refractivity contribution in [3.63, 3.8) is 0 Å². The fourth-order valence-corrected chi connectivity index (χ4v) is 1.03. The first kappa shape index (κ1) is 8.08. The van der Waals surface area contributed by atoms with E-state index in [1.54, 1.807) is 6.92 Å². The number of benzene rings is 1. The number of aromatic hydroxyl groups is 1. The van der Waals surface area contributed by atoms with Gasteiger partial charge in [-0.3, -0.25) is 4.79 Å². The van der Waals surface area contributed by atoms with Gasteiger partial charge in [0.25, 0.3) is 0 Å². The molecule has 11 heavy (non-hydrogen) atoms. The first-order valence-corrected chi connectivity index (χ1v) is 3.47. The number of carbonyl (C=O) groups is 1. The molecule has 0 heterocycles. The van der Waals surface area contributed by atoms with Gasteiger partial charge in [-0.2, -0.15) is 0 Å². The van der Waals surface area contributed by atoms with E-state index in [0.29, 0.717) is 22.4 Å². The number of hydrogen-bond acceptors (Lipinski definition) is 2. The van der Waals surface area contributed by atoms with Crippen LogP contribution in [0.2, 0.25) is 5.02 Å². The Morgan fingerprint density at radius 2 is 2.18 bits per heavy atom. The van der Waals surface area contributed by atoms with E-state index in [9.17, 15) is 4.79 Å². The van der Waals surface area contributed by atoms with Crippen LogP contribution in [0.3, 0.4) is 0 Å². The zero-order valence-corrected chi connectivity index (χ0v) is 6.72. The lowest BCUT2D eigenvalue weighted by Gasteiger charge is -2.01. The lowest BCUT2D eigenvalue weighted by Crippen LogP contribution is -1.86. The van der Waals surface area contributed by atoms with Gasteiger partial charge in [0.2, 0.25) is 0 Å². The highest BCUT2D eigenvalue weighted by Crippen LogP contribution is 2.24. The van der Waals surface area contributed by atoms with Gasteiger partial charge in [0, 0.05) is 16.1 Å². The molecule has 0 atom stereocenters. The zero-order chi connectivity index (χ0) is 8.43. The SMILES string of the molecule is Cc1c(O)cc(Cl)cc1C=O. The summed E-state index contributed by atoms with van der Waals surface area (Å²) in [5.41, 5.74) is 0.986. The highest BCUT2D eigenvalue weighted by molar-refractivity contribution is 6.31. The van der Waals surface area contributed by atoms with E-state index in [0.717, 1.165) is 0 Å². The van der Waals surface area contributed by atoms with Crippen molar-refractivity contribution in [2.45, 2.75) is 6.92 Å². The second kappa shape index (κ2) is 2.93. The lowest BCUT2D eigenvalue weighted by molar-refractivity contribution is 0.112. The number of phenolic OH excluding ortho intramolecular Hbond substituents is 1. The molecule has 0 aromatic heterocycles. The van der Waals surface area contributed by atoms with Crippen LogP contribution in [0.5, 0.6) is 5.75 Å². The number of carbonyl (C=O) groups excluding carboxylic acids is 1. The molecular formula is C8H7ClO2. The second-order valence-electron chi connectivity index (χ2n) is 2.26. The van der Waals surface area contributed by atoms with E-state index in [1.165, 1.54) is 12.1 Å². The molecule has 0 aliphatic carbocycles. The molecule has 0 aliphatic rings. The van der Waals surface area contributed by atoms with E-state index >= 15 is 0 Å². The third-order valence-corrected chi connectivity index (χ3v) is 1.73. The Kier molecular flexibility index (Phi) is 2.15.